The van der Waals surface area contributed by atoms with E-state index in [2.05, 4.69) is 10.2 Å². The van der Waals surface area contributed by atoms with Gasteiger partial charge in [0, 0.05) is 24.5 Å². The summed E-state index contributed by atoms with van der Waals surface area (Å²) in [6.45, 7) is 2.04. The number of carbonyl (C=O) groups excluding carboxylic acids is 1. The lowest BCUT2D eigenvalue weighted by Gasteiger charge is -2.17. The Morgan fingerprint density at radius 1 is 1.22 bits per heavy atom. The molecule has 5 nitrogen and oxygen atoms in total. The van der Waals surface area contributed by atoms with Gasteiger partial charge in [0.15, 0.2) is 0 Å². The minimum absolute atomic E-state index is 0.0999. The summed E-state index contributed by atoms with van der Waals surface area (Å²) in [6, 6.07) is 8.45. The van der Waals surface area contributed by atoms with Gasteiger partial charge in [-0.25, -0.2) is 9.97 Å². The molecule has 0 spiro atoms. The number of thioether (sulfide) groups is 1. The van der Waals surface area contributed by atoms with Crippen molar-refractivity contribution in [2.75, 3.05) is 23.7 Å². The van der Waals surface area contributed by atoms with Gasteiger partial charge < -0.3 is 10.2 Å². The second-order valence-electron chi connectivity index (χ2n) is 6.17. The third kappa shape index (κ3) is 3.42. The maximum Gasteiger partial charge on any atom is 0.230 e. The molecule has 23 heavy (non-hydrogen) atoms. The molecule has 2 aromatic rings. The largest absolute Gasteiger partial charge is 0.353 e. The zero-order valence-electron chi connectivity index (χ0n) is 13.0. The number of amides is 1. The second kappa shape index (κ2) is 6.35. The van der Waals surface area contributed by atoms with Crippen molar-refractivity contribution in [3.05, 3.63) is 24.3 Å². The van der Waals surface area contributed by atoms with Crippen LogP contribution in [0, 0.1) is 0 Å². The molecule has 1 N–H and O–H groups in total. The molecule has 2 heterocycles. The number of para-hydroxylation sites is 1. The first-order valence-electron chi connectivity index (χ1n) is 8.23. The number of anilines is 1. The maximum absolute atomic E-state index is 12.0. The number of hydrogen-bond donors (Lipinski definition) is 1. The molecular weight excluding hydrogens is 308 g/mol. The van der Waals surface area contributed by atoms with E-state index in [-0.39, 0.29) is 5.91 Å². The van der Waals surface area contributed by atoms with Gasteiger partial charge in [-0.2, -0.15) is 0 Å². The van der Waals surface area contributed by atoms with Crippen LogP contribution in [0.5, 0.6) is 0 Å². The fourth-order valence-electron chi connectivity index (χ4n) is 2.84. The summed E-state index contributed by atoms with van der Waals surface area (Å²) in [4.78, 5) is 23.6. The van der Waals surface area contributed by atoms with Crippen LogP contribution in [-0.4, -0.2) is 40.8 Å². The van der Waals surface area contributed by atoms with Crippen LogP contribution in [-0.2, 0) is 4.79 Å². The Labute approximate surface area is 139 Å². The highest BCUT2D eigenvalue weighted by atomic mass is 32.2. The summed E-state index contributed by atoms with van der Waals surface area (Å²) in [6.07, 6.45) is 4.63. The van der Waals surface area contributed by atoms with Crippen molar-refractivity contribution in [1.82, 2.24) is 15.3 Å². The molecule has 2 aliphatic rings. The lowest BCUT2D eigenvalue weighted by molar-refractivity contribution is -0.118. The Bertz CT molecular complexity index is 726. The van der Waals surface area contributed by atoms with Crippen LogP contribution >= 0.6 is 11.8 Å². The molecule has 1 saturated heterocycles. The van der Waals surface area contributed by atoms with Crippen LogP contribution in [0.15, 0.2) is 29.3 Å². The molecule has 4 rings (SSSR count). The van der Waals surface area contributed by atoms with Gasteiger partial charge in [0.25, 0.3) is 0 Å². The van der Waals surface area contributed by atoms with Crippen molar-refractivity contribution in [3.8, 4) is 0 Å². The van der Waals surface area contributed by atoms with E-state index in [0.717, 1.165) is 47.8 Å². The highest BCUT2D eigenvalue weighted by Crippen LogP contribution is 2.29. The van der Waals surface area contributed by atoms with Crippen molar-refractivity contribution in [2.45, 2.75) is 36.8 Å². The summed E-state index contributed by atoms with van der Waals surface area (Å²) in [5.41, 5.74) is 0.953. The van der Waals surface area contributed by atoms with E-state index in [1.54, 1.807) is 0 Å². The smallest absolute Gasteiger partial charge is 0.230 e. The number of aromatic nitrogens is 2. The first-order valence-corrected chi connectivity index (χ1v) is 9.22. The van der Waals surface area contributed by atoms with Gasteiger partial charge in [-0.1, -0.05) is 30.0 Å². The molecule has 2 fully saturated rings. The standard InChI is InChI=1S/C17H20N4OS/c22-15(18-12-7-8-12)11-23-16-13-5-1-2-6-14(13)19-17(20-16)21-9-3-4-10-21/h1-2,5-6,12H,3-4,7-11H2,(H,18,22). The average Bonchev–Trinajstić information content (AvgIpc) is 3.21. The van der Waals surface area contributed by atoms with Crippen LogP contribution in [0.25, 0.3) is 10.9 Å². The Balaban J connectivity index is 1.58. The number of fused-ring (bicyclic) bond motifs is 1. The van der Waals surface area contributed by atoms with Crippen molar-refractivity contribution in [2.24, 2.45) is 0 Å². The molecule has 0 unspecified atom stereocenters. The number of carbonyl (C=O) groups is 1. The summed E-state index contributed by atoms with van der Waals surface area (Å²) in [5.74, 6) is 1.31. The predicted octanol–water partition coefficient (Wildman–Crippen LogP) is 2.60. The third-order valence-corrected chi connectivity index (χ3v) is 5.22. The summed E-state index contributed by atoms with van der Waals surface area (Å²) >= 11 is 1.51. The molecule has 1 aliphatic heterocycles. The van der Waals surface area contributed by atoms with Crippen LogP contribution < -0.4 is 10.2 Å². The molecule has 120 valence electrons. The third-order valence-electron chi connectivity index (χ3n) is 4.23. The van der Waals surface area contributed by atoms with Gasteiger partial charge in [-0.3, -0.25) is 4.79 Å². The monoisotopic (exact) mass is 328 g/mol. The van der Waals surface area contributed by atoms with Crippen molar-refractivity contribution >= 4 is 34.5 Å². The molecule has 1 aromatic heterocycles. The van der Waals surface area contributed by atoms with E-state index in [1.807, 2.05) is 24.3 Å². The van der Waals surface area contributed by atoms with Crippen molar-refractivity contribution in [3.63, 3.8) is 0 Å². The molecule has 1 amide bonds. The molecule has 0 atom stereocenters. The Morgan fingerprint density at radius 2 is 2.00 bits per heavy atom. The number of benzene rings is 1. The van der Waals surface area contributed by atoms with E-state index >= 15 is 0 Å². The van der Waals surface area contributed by atoms with E-state index in [0.29, 0.717) is 11.8 Å². The molecule has 0 radical (unpaired) electrons. The van der Waals surface area contributed by atoms with Gasteiger partial charge in [0.1, 0.15) is 5.03 Å². The lowest BCUT2D eigenvalue weighted by Crippen LogP contribution is -2.27. The normalized spacial score (nSPS) is 17.7. The fourth-order valence-corrected chi connectivity index (χ4v) is 3.66. The molecule has 1 aliphatic carbocycles. The predicted molar refractivity (Wildman–Crippen MR) is 92.9 cm³/mol. The maximum atomic E-state index is 12.0. The molecule has 1 aromatic carbocycles. The molecular formula is C17H20N4OS. The van der Waals surface area contributed by atoms with Gasteiger partial charge >= 0.3 is 0 Å². The Morgan fingerprint density at radius 3 is 2.78 bits per heavy atom. The zero-order valence-corrected chi connectivity index (χ0v) is 13.8. The minimum atomic E-state index is 0.0999. The summed E-state index contributed by atoms with van der Waals surface area (Å²) in [5, 5.41) is 4.96. The minimum Gasteiger partial charge on any atom is -0.353 e. The number of nitrogens with one attached hydrogen (secondary N) is 1. The fraction of sp³-hybridized carbons (Fsp3) is 0.471. The second-order valence-corrected chi connectivity index (χ2v) is 7.13. The van der Waals surface area contributed by atoms with Crippen LogP contribution in [0.1, 0.15) is 25.7 Å². The van der Waals surface area contributed by atoms with Crippen LogP contribution in [0.2, 0.25) is 0 Å². The molecule has 1 saturated carbocycles. The van der Waals surface area contributed by atoms with Gasteiger partial charge in [0.05, 0.1) is 11.3 Å². The Kier molecular flexibility index (Phi) is 4.08. The first kappa shape index (κ1) is 14.8. The van der Waals surface area contributed by atoms with E-state index in [9.17, 15) is 4.79 Å². The molecule has 0 bridgehead atoms. The first-order chi connectivity index (χ1) is 11.3. The van der Waals surface area contributed by atoms with Crippen molar-refractivity contribution in [1.29, 1.82) is 0 Å². The summed E-state index contributed by atoms with van der Waals surface area (Å²) in [7, 11) is 0. The van der Waals surface area contributed by atoms with Gasteiger partial charge in [-0.05, 0) is 31.7 Å². The highest BCUT2D eigenvalue weighted by molar-refractivity contribution is 8.00. The number of rotatable bonds is 5. The van der Waals surface area contributed by atoms with Gasteiger partial charge in [0.2, 0.25) is 11.9 Å². The number of hydrogen-bond acceptors (Lipinski definition) is 5. The van der Waals surface area contributed by atoms with E-state index < -0.39 is 0 Å². The highest BCUT2D eigenvalue weighted by Gasteiger charge is 2.23. The van der Waals surface area contributed by atoms with Gasteiger partial charge in [-0.15, -0.1) is 0 Å². The molecule has 6 heteroatoms. The van der Waals surface area contributed by atoms with E-state index in [4.69, 9.17) is 9.97 Å². The van der Waals surface area contributed by atoms with Crippen LogP contribution in [0.3, 0.4) is 0 Å². The van der Waals surface area contributed by atoms with E-state index in [1.165, 1.54) is 24.6 Å². The van der Waals surface area contributed by atoms with Crippen LogP contribution in [0.4, 0.5) is 5.95 Å². The zero-order chi connectivity index (χ0) is 15.6. The summed E-state index contributed by atoms with van der Waals surface area (Å²) < 4.78 is 0. The Hall–Kier alpha value is -1.82. The quantitative estimate of drug-likeness (QED) is 0.675. The average molecular weight is 328 g/mol. The topological polar surface area (TPSA) is 58.1 Å². The lowest BCUT2D eigenvalue weighted by atomic mass is 10.2. The SMILES string of the molecule is O=C(CSc1nc(N2CCCC2)nc2ccccc12)NC1CC1. The number of nitrogens with zero attached hydrogens (tertiary/aromatic N) is 3. The van der Waals surface area contributed by atoms with Crippen molar-refractivity contribution < 1.29 is 4.79 Å².